The molecule has 1 amide bonds. The van der Waals surface area contributed by atoms with Crippen LogP contribution in [0.15, 0.2) is 29.2 Å². The number of carbonyl (C=O) groups excluding carboxylic acids is 1. The van der Waals surface area contributed by atoms with E-state index in [9.17, 15) is 13.2 Å². The van der Waals surface area contributed by atoms with Crippen molar-refractivity contribution in [2.24, 2.45) is 0 Å². The highest BCUT2D eigenvalue weighted by Crippen LogP contribution is 2.14. The average molecular weight is 305 g/mol. The summed E-state index contributed by atoms with van der Waals surface area (Å²) < 4.78 is 26.3. The summed E-state index contributed by atoms with van der Waals surface area (Å²) >= 11 is 5.75. The van der Waals surface area contributed by atoms with Gasteiger partial charge in [-0.1, -0.05) is 17.7 Å². The van der Waals surface area contributed by atoms with Crippen LogP contribution in [0.1, 0.15) is 19.8 Å². The molecule has 0 saturated carbocycles. The van der Waals surface area contributed by atoms with E-state index in [2.05, 4.69) is 10.0 Å². The molecule has 0 aliphatic carbocycles. The van der Waals surface area contributed by atoms with Crippen LogP contribution in [0.2, 0.25) is 5.02 Å². The molecule has 0 atom stereocenters. The molecule has 106 valence electrons. The number of benzene rings is 1. The molecule has 0 spiro atoms. The molecule has 7 heteroatoms. The van der Waals surface area contributed by atoms with E-state index in [4.69, 9.17) is 11.6 Å². The smallest absolute Gasteiger partial charge is 0.240 e. The Hall–Kier alpha value is -1.11. The van der Waals surface area contributed by atoms with Crippen molar-refractivity contribution in [1.82, 2.24) is 10.0 Å². The Morgan fingerprint density at radius 2 is 1.95 bits per heavy atom. The van der Waals surface area contributed by atoms with Gasteiger partial charge in [0.25, 0.3) is 0 Å². The van der Waals surface area contributed by atoms with E-state index >= 15 is 0 Å². The van der Waals surface area contributed by atoms with Crippen LogP contribution in [0.3, 0.4) is 0 Å². The van der Waals surface area contributed by atoms with Gasteiger partial charge in [0.15, 0.2) is 0 Å². The van der Waals surface area contributed by atoms with Gasteiger partial charge in [0.05, 0.1) is 4.90 Å². The van der Waals surface area contributed by atoms with Crippen LogP contribution in [0, 0.1) is 0 Å². The van der Waals surface area contributed by atoms with Gasteiger partial charge < -0.3 is 5.32 Å². The van der Waals surface area contributed by atoms with E-state index in [1.54, 1.807) is 12.1 Å². The first kappa shape index (κ1) is 15.9. The van der Waals surface area contributed by atoms with Crippen molar-refractivity contribution in [2.75, 3.05) is 13.1 Å². The quantitative estimate of drug-likeness (QED) is 0.750. The predicted molar refractivity (Wildman–Crippen MR) is 74.6 cm³/mol. The number of rotatable bonds is 7. The lowest BCUT2D eigenvalue weighted by atomic mass is 10.3. The molecule has 0 unspecified atom stereocenters. The molecular weight excluding hydrogens is 288 g/mol. The van der Waals surface area contributed by atoms with Gasteiger partial charge in [-0.3, -0.25) is 4.79 Å². The molecule has 0 heterocycles. The van der Waals surface area contributed by atoms with Crippen LogP contribution in [0.25, 0.3) is 0 Å². The zero-order valence-corrected chi connectivity index (χ0v) is 12.2. The SMILES string of the molecule is CC(=O)NCCCCNS(=O)(=O)c1cccc(Cl)c1. The molecule has 19 heavy (non-hydrogen) atoms. The Labute approximate surface area is 118 Å². The molecule has 0 fully saturated rings. The third-order valence-electron chi connectivity index (χ3n) is 2.38. The lowest BCUT2D eigenvalue weighted by Crippen LogP contribution is -2.26. The summed E-state index contributed by atoms with van der Waals surface area (Å²) in [6.45, 7) is 2.32. The molecule has 1 rings (SSSR count). The molecule has 1 aromatic rings. The minimum absolute atomic E-state index is 0.0838. The average Bonchev–Trinajstić information content (AvgIpc) is 2.33. The summed E-state index contributed by atoms with van der Waals surface area (Å²) in [5.41, 5.74) is 0. The van der Waals surface area contributed by atoms with Crippen LogP contribution in [-0.2, 0) is 14.8 Å². The summed E-state index contributed by atoms with van der Waals surface area (Å²) in [4.78, 5) is 10.8. The van der Waals surface area contributed by atoms with Gasteiger partial charge in [0, 0.05) is 25.0 Å². The van der Waals surface area contributed by atoms with Crippen LogP contribution in [-0.4, -0.2) is 27.4 Å². The minimum atomic E-state index is -3.51. The zero-order chi connectivity index (χ0) is 14.3. The lowest BCUT2D eigenvalue weighted by molar-refractivity contribution is -0.118. The number of nitrogens with one attached hydrogen (secondary N) is 2. The van der Waals surface area contributed by atoms with Crippen LogP contribution < -0.4 is 10.0 Å². The van der Waals surface area contributed by atoms with E-state index in [1.165, 1.54) is 19.1 Å². The summed E-state index contributed by atoms with van der Waals surface area (Å²) in [5, 5.41) is 3.03. The minimum Gasteiger partial charge on any atom is -0.356 e. The van der Waals surface area contributed by atoms with E-state index in [1.807, 2.05) is 0 Å². The fourth-order valence-electron chi connectivity index (χ4n) is 1.44. The molecular formula is C12H17ClN2O3S. The van der Waals surface area contributed by atoms with E-state index < -0.39 is 10.0 Å². The van der Waals surface area contributed by atoms with Gasteiger partial charge in [0.1, 0.15) is 0 Å². The molecule has 0 saturated heterocycles. The largest absolute Gasteiger partial charge is 0.356 e. The van der Waals surface area contributed by atoms with Crippen molar-refractivity contribution in [3.05, 3.63) is 29.3 Å². The Balaban J connectivity index is 2.38. The van der Waals surface area contributed by atoms with Gasteiger partial charge >= 0.3 is 0 Å². The molecule has 0 aliphatic rings. The highest BCUT2D eigenvalue weighted by atomic mass is 35.5. The maximum absolute atomic E-state index is 11.9. The Bertz CT molecular complexity index is 532. The number of hydrogen-bond donors (Lipinski definition) is 2. The molecule has 5 nitrogen and oxygen atoms in total. The van der Waals surface area contributed by atoms with Crippen LogP contribution in [0.4, 0.5) is 0 Å². The summed E-state index contributed by atoms with van der Waals surface area (Å²) in [7, 11) is -3.51. The summed E-state index contributed by atoms with van der Waals surface area (Å²) in [5.74, 6) is -0.0838. The second-order valence-corrected chi connectivity index (χ2v) is 6.25. The van der Waals surface area contributed by atoms with Crippen molar-refractivity contribution in [3.8, 4) is 0 Å². The summed E-state index contributed by atoms with van der Waals surface area (Å²) in [6, 6.07) is 6.11. The second kappa shape index (κ2) is 7.47. The first-order chi connectivity index (χ1) is 8.92. The van der Waals surface area contributed by atoms with E-state index in [0.717, 1.165) is 6.42 Å². The fraction of sp³-hybridized carbons (Fsp3) is 0.417. The van der Waals surface area contributed by atoms with Crippen molar-refractivity contribution in [3.63, 3.8) is 0 Å². The molecule has 0 aliphatic heterocycles. The fourth-order valence-corrected chi connectivity index (χ4v) is 2.81. The molecule has 0 radical (unpaired) electrons. The number of amides is 1. The molecule has 0 bridgehead atoms. The number of unbranched alkanes of at least 4 members (excludes halogenated alkanes) is 1. The number of halogens is 1. The maximum Gasteiger partial charge on any atom is 0.240 e. The standard InChI is InChI=1S/C12H17ClN2O3S/c1-10(16)14-7-2-3-8-15-19(17,18)12-6-4-5-11(13)9-12/h4-6,9,15H,2-3,7-8H2,1H3,(H,14,16). The molecule has 0 aromatic heterocycles. The van der Waals surface area contributed by atoms with Gasteiger partial charge in [-0.2, -0.15) is 0 Å². The van der Waals surface area contributed by atoms with Gasteiger partial charge in [-0.15, -0.1) is 0 Å². The van der Waals surface area contributed by atoms with E-state index in [0.29, 0.717) is 24.5 Å². The van der Waals surface area contributed by atoms with Crippen molar-refractivity contribution >= 4 is 27.5 Å². The van der Waals surface area contributed by atoms with Crippen molar-refractivity contribution in [1.29, 1.82) is 0 Å². The highest BCUT2D eigenvalue weighted by molar-refractivity contribution is 7.89. The van der Waals surface area contributed by atoms with Crippen molar-refractivity contribution in [2.45, 2.75) is 24.7 Å². The van der Waals surface area contributed by atoms with Crippen LogP contribution >= 0.6 is 11.6 Å². The van der Waals surface area contributed by atoms with Gasteiger partial charge in [-0.05, 0) is 31.0 Å². The first-order valence-corrected chi connectivity index (χ1v) is 7.77. The topological polar surface area (TPSA) is 75.3 Å². The highest BCUT2D eigenvalue weighted by Gasteiger charge is 2.12. The summed E-state index contributed by atoms with van der Waals surface area (Å²) in [6.07, 6.45) is 1.37. The zero-order valence-electron chi connectivity index (χ0n) is 10.6. The molecule has 1 aromatic carbocycles. The normalized spacial score (nSPS) is 11.3. The third kappa shape index (κ3) is 6.04. The second-order valence-electron chi connectivity index (χ2n) is 4.05. The number of carbonyl (C=O) groups is 1. The monoisotopic (exact) mass is 304 g/mol. The van der Waals surface area contributed by atoms with Gasteiger partial charge in [-0.25, -0.2) is 13.1 Å². The molecule has 2 N–H and O–H groups in total. The predicted octanol–water partition coefficient (Wildman–Crippen LogP) is 1.53. The number of sulfonamides is 1. The Morgan fingerprint density at radius 1 is 1.26 bits per heavy atom. The maximum atomic E-state index is 11.9. The van der Waals surface area contributed by atoms with Gasteiger partial charge in [0.2, 0.25) is 15.9 Å². The lowest BCUT2D eigenvalue weighted by Gasteiger charge is -2.07. The number of hydrogen-bond acceptors (Lipinski definition) is 3. The Morgan fingerprint density at radius 3 is 2.58 bits per heavy atom. The van der Waals surface area contributed by atoms with E-state index in [-0.39, 0.29) is 10.8 Å². The van der Waals surface area contributed by atoms with Crippen molar-refractivity contribution < 1.29 is 13.2 Å². The van der Waals surface area contributed by atoms with Crippen LogP contribution in [0.5, 0.6) is 0 Å². The third-order valence-corrected chi connectivity index (χ3v) is 4.07. The Kier molecular flexibility index (Phi) is 6.27. The first-order valence-electron chi connectivity index (χ1n) is 5.91.